The van der Waals surface area contributed by atoms with Crippen molar-refractivity contribution in [2.24, 2.45) is 0 Å². The molecule has 0 aliphatic rings. The highest BCUT2D eigenvalue weighted by atomic mass is 32.1. The summed E-state index contributed by atoms with van der Waals surface area (Å²) in [4.78, 5) is 0.968. The van der Waals surface area contributed by atoms with Gasteiger partial charge in [0.2, 0.25) is 0 Å². The first-order valence-corrected chi connectivity index (χ1v) is 3.35. The summed E-state index contributed by atoms with van der Waals surface area (Å²) in [7, 11) is 0. The number of benzene rings is 1. The Hall–Kier alpha value is -0.560. The summed E-state index contributed by atoms with van der Waals surface area (Å²) in [5.74, 6) is 0. The van der Waals surface area contributed by atoms with Gasteiger partial charge in [-0.3, -0.25) is 0 Å². The molecule has 0 heterocycles. The van der Waals surface area contributed by atoms with E-state index in [-0.39, 0.29) is 0 Å². The molecule has 9 heavy (non-hydrogen) atoms. The van der Waals surface area contributed by atoms with Gasteiger partial charge in [-0.25, -0.2) is 0 Å². The Morgan fingerprint density at radius 3 is 2.33 bits per heavy atom. The largest absolute Gasteiger partial charge is 0.779 e. The highest BCUT2D eigenvalue weighted by molar-refractivity contribution is 7.58. The minimum Gasteiger partial charge on any atom is -0.779 e. The Kier molecular flexibility index (Phi) is 1.72. The molecule has 0 bridgehead atoms. The van der Waals surface area contributed by atoms with E-state index in [4.69, 9.17) is 12.6 Å². The van der Waals surface area contributed by atoms with Crippen molar-refractivity contribution in [2.45, 2.75) is 18.7 Å². The van der Waals surface area contributed by atoms with Crippen molar-refractivity contribution in [1.29, 1.82) is 0 Å². The van der Waals surface area contributed by atoms with Crippen LogP contribution in [0.4, 0.5) is 0 Å². The summed E-state index contributed by atoms with van der Waals surface area (Å²) in [6, 6.07) is 6.15. The second-order valence-electron chi connectivity index (χ2n) is 2.27. The lowest BCUT2D eigenvalue weighted by Gasteiger charge is -2.09. The fourth-order valence-corrected chi connectivity index (χ4v) is 0.961. The molecule has 0 spiro atoms. The molecule has 0 nitrogen and oxygen atoms in total. The lowest BCUT2D eigenvalue weighted by atomic mass is 10.2. The zero-order valence-electron chi connectivity index (χ0n) is 5.64. The summed E-state index contributed by atoms with van der Waals surface area (Å²) >= 11 is 5.04. The molecule has 0 amide bonds. The van der Waals surface area contributed by atoms with Crippen molar-refractivity contribution in [3.63, 3.8) is 0 Å². The Morgan fingerprint density at radius 2 is 1.89 bits per heavy atom. The highest BCUT2D eigenvalue weighted by Crippen LogP contribution is 2.08. The molecular formula is C8H9S-. The SMILES string of the molecule is Cc1ccc(C)c([S-])c1. The molecule has 1 aromatic carbocycles. The van der Waals surface area contributed by atoms with E-state index < -0.39 is 0 Å². The van der Waals surface area contributed by atoms with Gasteiger partial charge in [-0.1, -0.05) is 29.3 Å². The number of hydrogen-bond acceptors (Lipinski definition) is 1. The van der Waals surface area contributed by atoms with Crippen LogP contribution in [0, 0.1) is 13.8 Å². The zero-order chi connectivity index (χ0) is 6.85. The van der Waals surface area contributed by atoms with Crippen molar-refractivity contribution in [2.75, 3.05) is 0 Å². The molecule has 0 fully saturated rings. The van der Waals surface area contributed by atoms with Gasteiger partial charge in [0.15, 0.2) is 0 Å². The first kappa shape index (κ1) is 6.56. The summed E-state index contributed by atoms with van der Waals surface area (Å²) < 4.78 is 0. The van der Waals surface area contributed by atoms with Crippen molar-refractivity contribution in [3.8, 4) is 0 Å². The first-order chi connectivity index (χ1) is 4.20. The molecule has 0 atom stereocenters. The molecule has 0 radical (unpaired) electrons. The standard InChI is InChI=1S/C8H10S/c1-6-3-4-7(2)8(9)5-6/h3-5,9H,1-2H3/p-1. The van der Waals surface area contributed by atoms with Gasteiger partial charge in [0.1, 0.15) is 0 Å². The van der Waals surface area contributed by atoms with Crippen LogP contribution in [0.25, 0.3) is 0 Å². The molecule has 1 aromatic rings. The van der Waals surface area contributed by atoms with E-state index in [1.807, 2.05) is 13.0 Å². The molecule has 0 unspecified atom stereocenters. The van der Waals surface area contributed by atoms with E-state index in [0.717, 1.165) is 4.90 Å². The monoisotopic (exact) mass is 137 g/mol. The molecule has 0 aromatic heterocycles. The number of hydrogen-bond donors (Lipinski definition) is 0. The maximum atomic E-state index is 5.04. The molecule has 0 N–H and O–H groups in total. The van der Waals surface area contributed by atoms with Crippen LogP contribution in [-0.4, -0.2) is 0 Å². The predicted molar refractivity (Wildman–Crippen MR) is 41.5 cm³/mol. The van der Waals surface area contributed by atoms with Crippen LogP contribution in [-0.2, 0) is 12.6 Å². The summed E-state index contributed by atoms with van der Waals surface area (Å²) in [5, 5.41) is 0. The predicted octanol–water partition coefficient (Wildman–Crippen LogP) is 2.21. The highest BCUT2D eigenvalue weighted by Gasteiger charge is 1.83. The lowest BCUT2D eigenvalue weighted by Crippen LogP contribution is -1.79. The maximum Gasteiger partial charge on any atom is -0.0398 e. The third-order valence-electron chi connectivity index (χ3n) is 1.34. The molecule has 1 rings (SSSR count). The Labute approximate surface area is 61.3 Å². The minimum absolute atomic E-state index is 0.968. The fraction of sp³-hybridized carbons (Fsp3) is 0.250. The summed E-state index contributed by atoms with van der Waals surface area (Å²) in [6.07, 6.45) is 0. The third-order valence-corrected chi connectivity index (χ3v) is 1.78. The van der Waals surface area contributed by atoms with Crippen molar-refractivity contribution >= 4 is 12.6 Å². The molecule has 48 valence electrons. The van der Waals surface area contributed by atoms with E-state index in [9.17, 15) is 0 Å². The Bertz CT molecular complexity index is 216. The summed E-state index contributed by atoms with van der Waals surface area (Å²) in [6.45, 7) is 4.08. The maximum absolute atomic E-state index is 5.04. The van der Waals surface area contributed by atoms with Gasteiger partial charge in [-0.2, -0.15) is 4.90 Å². The van der Waals surface area contributed by atoms with Crippen LogP contribution >= 0.6 is 0 Å². The topological polar surface area (TPSA) is 0 Å². The van der Waals surface area contributed by atoms with E-state index in [2.05, 4.69) is 19.1 Å². The van der Waals surface area contributed by atoms with Gasteiger partial charge in [0.05, 0.1) is 0 Å². The van der Waals surface area contributed by atoms with E-state index in [1.165, 1.54) is 11.1 Å². The van der Waals surface area contributed by atoms with Crippen LogP contribution in [0.3, 0.4) is 0 Å². The molecule has 1 heteroatoms. The van der Waals surface area contributed by atoms with Crippen LogP contribution in [0.2, 0.25) is 0 Å². The quantitative estimate of drug-likeness (QED) is 0.494. The van der Waals surface area contributed by atoms with Gasteiger partial charge in [0, 0.05) is 0 Å². The van der Waals surface area contributed by atoms with Crippen LogP contribution < -0.4 is 0 Å². The average molecular weight is 137 g/mol. The first-order valence-electron chi connectivity index (χ1n) is 2.94. The third kappa shape index (κ3) is 1.42. The lowest BCUT2D eigenvalue weighted by molar-refractivity contribution is 1.27. The van der Waals surface area contributed by atoms with Gasteiger partial charge < -0.3 is 12.6 Å². The second-order valence-corrected chi connectivity index (χ2v) is 2.71. The molecule has 0 aliphatic heterocycles. The van der Waals surface area contributed by atoms with Crippen LogP contribution in [0.5, 0.6) is 0 Å². The molecule has 0 saturated heterocycles. The van der Waals surface area contributed by atoms with E-state index in [1.54, 1.807) is 0 Å². The Balaban J connectivity index is 3.17. The van der Waals surface area contributed by atoms with Gasteiger partial charge in [0.25, 0.3) is 0 Å². The smallest absolute Gasteiger partial charge is 0.0398 e. The number of aryl methyl sites for hydroxylation is 2. The Morgan fingerprint density at radius 1 is 1.22 bits per heavy atom. The average Bonchev–Trinajstić information content (AvgIpc) is 1.80. The van der Waals surface area contributed by atoms with Crippen LogP contribution in [0.15, 0.2) is 23.1 Å². The molecular weight excluding hydrogens is 128 g/mol. The minimum atomic E-state index is 0.968. The molecule has 0 saturated carbocycles. The molecule has 0 aliphatic carbocycles. The van der Waals surface area contributed by atoms with Gasteiger partial charge in [-0.15, -0.1) is 0 Å². The zero-order valence-corrected chi connectivity index (χ0v) is 6.46. The van der Waals surface area contributed by atoms with Gasteiger partial charge in [-0.05, 0) is 13.8 Å². The second kappa shape index (κ2) is 2.36. The van der Waals surface area contributed by atoms with Crippen LogP contribution in [0.1, 0.15) is 11.1 Å². The van der Waals surface area contributed by atoms with Crippen molar-refractivity contribution < 1.29 is 0 Å². The van der Waals surface area contributed by atoms with Crippen molar-refractivity contribution in [3.05, 3.63) is 29.3 Å². The normalized spacial score (nSPS) is 9.56. The van der Waals surface area contributed by atoms with E-state index in [0.29, 0.717) is 0 Å². The van der Waals surface area contributed by atoms with Gasteiger partial charge >= 0.3 is 0 Å². The number of rotatable bonds is 0. The summed E-state index contributed by atoms with van der Waals surface area (Å²) in [5.41, 5.74) is 2.43. The van der Waals surface area contributed by atoms with E-state index >= 15 is 0 Å². The fourth-order valence-electron chi connectivity index (χ4n) is 0.707. The van der Waals surface area contributed by atoms with Crippen molar-refractivity contribution in [1.82, 2.24) is 0 Å².